The Bertz CT molecular complexity index is 737. The first-order valence-corrected chi connectivity index (χ1v) is 9.80. The summed E-state index contributed by atoms with van der Waals surface area (Å²) in [4.78, 5) is 19.2. The smallest absolute Gasteiger partial charge is 0.410 e. The average molecular weight is 379 g/mol. The van der Waals surface area contributed by atoms with Crippen molar-refractivity contribution in [2.45, 2.75) is 51.7 Å². The van der Waals surface area contributed by atoms with Crippen LogP contribution in [0.3, 0.4) is 0 Å². The number of carbonyl (C=O) groups is 1. The molecule has 0 N–H and O–H groups in total. The Morgan fingerprint density at radius 1 is 1.28 bits per heavy atom. The first kappa shape index (κ1) is 18.2. The van der Waals surface area contributed by atoms with Crippen molar-refractivity contribution in [2.24, 2.45) is 0 Å². The molecule has 1 saturated heterocycles. The second kappa shape index (κ2) is 7.34. The lowest BCUT2D eigenvalue weighted by molar-refractivity contribution is 0.00950. The van der Waals surface area contributed by atoms with Gasteiger partial charge in [-0.15, -0.1) is 11.3 Å². The fourth-order valence-corrected chi connectivity index (χ4v) is 4.02. The molecule has 0 radical (unpaired) electrons. The van der Waals surface area contributed by atoms with Crippen molar-refractivity contribution < 1.29 is 9.53 Å². The van der Waals surface area contributed by atoms with Crippen LogP contribution in [-0.2, 0) is 4.74 Å². The highest BCUT2D eigenvalue weighted by molar-refractivity contribution is 7.10. The van der Waals surface area contributed by atoms with Crippen molar-refractivity contribution in [2.75, 3.05) is 6.54 Å². The number of aromatic nitrogens is 1. The zero-order valence-electron chi connectivity index (χ0n) is 14.8. The highest BCUT2D eigenvalue weighted by Gasteiger charge is 2.33. The Labute approximate surface area is 157 Å². The molecule has 0 saturated carbocycles. The normalized spacial score (nSPS) is 18.2. The van der Waals surface area contributed by atoms with Gasteiger partial charge in [0.15, 0.2) is 0 Å². The minimum absolute atomic E-state index is 0.00495. The van der Waals surface area contributed by atoms with Crippen molar-refractivity contribution >= 4 is 29.0 Å². The summed E-state index contributed by atoms with van der Waals surface area (Å²) in [6, 6.07) is 7.66. The number of likely N-dealkylation sites (tertiary alicyclic amines) is 1. The molecule has 3 rings (SSSR count). The number of benzene rings is 1. The summed E-state index contributed by atoms with van der Waals surface area (Å²) in [7, 11) is 0. The molecule has 1 atom stereocenters. The van der Waals surface area contributed by atoms with E-state index in [1.54, 1.807) is 11.3 Å². The van der Waals surface area contributed by atoms with Gasteiger partial charge >= 0.3 is 6.09 Å². The Balaban J connectivity index is 1.81. The van der Waals surface area contributed by atoms with E-state index in [0.717, 1.165) is 42.1 Å². The van der Waals surface area contributed by atoms with Crippen LogP contribution in [-0.4, -0.2) is 28.1 Å². The van der Waals surface area contributed by atoms with Gasteiger partial charge in [0.2, 0.25) is 0 Å². The lowest BCUT2D eigenvalue weighted by Crippen LogP contribution is -2.41. The van der Waals surface area contributed by atoms with Gasteiger partial charge in [-0.25, -0.2) is 9.78 Å². The molecule has 1 aromatic heterocycles. The summed E-state index contributed by atoms with van der Waals surface area (Å²) < 4.78 is 5.58. The number of piperidine rings is 1. The van der Waals surface area contributed by atoms with Crippen molar-refractivity contribution in [1.82, 2.24) is 9.88 Å². The molecule has 1 aliphatic rings. The van der Waals surface area contributed by atoms with E-state index < -0.39 is 5.60 Å². The number of amides is 1. The topological polar surface area (TPSA) is 42.4 Å². The van der Waals surface area contributed by atoms with Crippen LogP contribution in [0.4, 0.5) is 4.79 Å². The molecule has 0 bridgehead atoms. The van der Waals surface area contributed by atoms with E-state index in [4.69, 9.17) is 21.3 Å². The largest absolute Gasteiger partial charge is 0.444 e. The van der Waals surface area contributed by atoms with Gasteiger partial charge in [0, 0.05) is 22.5 Å². The number of hydrogen-bond donors (Lipinski definition) is 0. The van der Waals surface area contributed by atoms with Crippen LogP contribution < -0.4 is 0 Å². The molecule has 1 fully saturated rings. The number of nitrogens with zero attached hydrogens (tertiary/aromatic N) is 2. The van der Waals surface area contributed by atoms with E-state index >= 15 is 0 Å². The zero-order valence-corrected chi connectivity index (χ0v) is 16.4. The third kappa shape index (κ3) is 4.53. The molecule has 134 valence electrons. The standard InChI is InChI=1S/C19H23ClN2O2S/c1-19(2,3)24-18(23)22-11-5-4-6-16(22)17-21-15(12-25-17)13-7-9-14(20)10-8-13/h7-10,12,16H,4-6,11H2,1-3H3. The number of rotatable bonds is 2. The monoisotopic (exact) mass is 378 g/mol. The van der Waals surface area contributed by atoms with Crippen molar-refractivity contribution in [3.05, 3.63) is 39.7 Å². The maximum atomic E-state index is 12.6. The lowest BCUT2D eigenvalue weighted by Gasteiger charge is -2.35. The van der Waals surface area contributed by atoms with Crippen LogP contribution in [0.2, 0.25) is 5.02 Å². The maximum absolute atomic E-state index is 12.6. The van der Waals surface area contributed by atoms with E-state index in [2.05, 4.69) is 0 Å². The fraction of sp³-hybridized carbons (Fsp3) is 0.474. The number of hydrogen-bond acceptors (Lipinski definition) is 4. The summed E-state index contributed by atoms with van der Waals surface area (Å²) in [6.07, 6.45) is 2.78. The van der Waals surface area contributed by atoms with Gasteiger partial charge in [0.25, 0.3) is 0 Å². The second-order valence-corrected chi connectivity index (χ2v) is 8.59. The first-order valence-electron chi connectivity index (χ1n) is 8.54. The van der Waals surface area contributed by atoms with Gasteiger partial charge in [-0.05, 0) is 52.2 Å². The molecule has 2 aromatic rings. The Morgan fingerprint density at radius 3 is 2.68 bits per heavy atom. The molecule has 1 aromatic carbocycles. The van der Waals surface area contributed by atoms with Crippen LogP contribution in [0.5, 0.6) is 0 Å². The highest BCUT2D eigenvalue weighted by atomic mass is 35.5. The Kier molecular flexibility index (Phi) is 5.35. The predicted octanol–water partition coefficient (Wildman–Crippen LogP) is 5.93. The lowest BCUT2D eigenvalue weighted by atomic mass is 10.0. The van der Waals surface area contributed by atoms with Crippen molar-refractivity contribution in [1.29, 1.82) is 0 Å². The minimum Gasteiger partial charge on any atom is -0.444 e. The van der Waals surface area contributed by atoms with Gasteiger partial charge in [-0.3, -0.25) is 4.90 Å². The molecular formula is C19H23ClN2O2S. The summed E-state index contributed by atoms with van der Waals surface area (Å²) in [5.74, 6) is 0. The molecule has 1 amide bonds. The summed E-state index contributed by atoms with van der Waals surface area (Å²) >= 11 is 7.56. The summed E-state index contributed by atoms with van der Waals surface area (Å²) in [5.41, 5.74) is 1.47. The van der Waals surface area contributed by atoms with E-state index in [9.17, 15) is 4.79 Å². The average Bonchev–Trinajstić information content (AvgIpc) is 3.04. The maximum Gasteiger partial charge on any atom is 0.410 e. The molecule has 2 heterocycles. The van der Waals surface area contributed by atoms with E-state index in [1.165, 1.54) is 0 Å². The van der Waals surface area contributed by atoms with E-state index in [1.807, 2.05) is 55.3 Å². The predicted molar refractivity (Wildman–Crippen MR) is 102 cm³/mol. The minimum atomic E-state index is -0.490. The van der Waals surface area contributed by atoms with Crippen molar-refractivity contribution in [3.8, 4) is 11.3 Å². The summed E-state index contributed by atoms with van der Waals surface area (Å²) in [5, 5.41) is 3.72. The zero-order chi connectivity index (χ0) is 18.0. The van der Waals surface area contributed by atoms with Crippen LogP contribution in [0.1, 0.15) is 51.1 Å². The van der Waals surface area contributed by atoms with Crippen LogP contribution >= 0.6 is 22.9 Å². The van der Waals surface area contributed by atoms with Crippen LogP contribution in [0.15, 0.2) is 29.6 Å². The van der Waals surface area contributed by atoms with E-state index in [0.29, 0.717) is 5.02 Å². The molecular weight excluding hydrogens is 356 g/mol. The molecule has 4 nitrogen and oxygen atoms in total. The number of ether oxygens (including phenoxy) is 1. The second-order valence-electron chi connectivity index (χ2n) is 7.26. The third-order valence-electron chi connectivity index (χ3n) is 4.08. The number of halogens is 1. The van der Waals surface area contributed by atoms with Gasteiger partial charge in [-0.1, -0.05) is 23.7 Å². The third-order valence-corrected chi connectivity index (χ3v) is 5.28. The first-order chi connectivity index (χ1) is 11.8. The molecule has 6 heteroatoms. The SMILES string of the molecule is CC(C)(C)OC(=O)N1CCCCC1c1nc(-c2ccc(Cl)cc2)cs1. The fourth-order valence-electron chi connectivity index (χ4n) is 2.92. The Hall–Kier alpha value is -1.59. The molecule has 0 spiro atoms. The molecule has 1 aliphatic heterocycles. The summed E-state index contributed by atoms with van der Waals surface area (Å²) in [6.45, 7) is 6.40. The van der Waals surface area contributed by atoms with E-state index in [-0.39, 0.29) is 12.1 Å². The number of carbonyl (C=O) groups excluding carboxylic acids is 1. The van der Waals surface area contributed by atoms with Crippen LogP contribution in [0.25, 0.3) is 11.3 Å². The quantitative estimate of drug-likeness (QED) is 0.650. The molecule has 1 unspecified atom stereocenters. The highest BCUT2D eigenvalue weighted by Crippen LogP contribution is 2.35. The van der Waals surface area contributed by atoms with Gasteiger partial charge in [0.1, 0.15) is 10.6 Å². The Morgan fingerprint density at radius 2 is 2.00 bits per heavy atom. The van der Waals surface area contributed by atoms with Gasteiger partial charge < -0.3 is 4.74 Å². The van der Waals surface area contributed by atoms with Crippen molar-refractivity contribution in [3.63, 3.8) is 0 Å². The van der Waals surface area contributed by atoms with Crippen LogP contribution in [0, 0.1) is 0 Å². The van der Waals surface area contributed by atoms with Gasteiger partial charge in [-0.2, -0.15) is 0 Å². The van der Waals surface area contributed by atoms with Gasteiger partial charge in [0.05, 0.1) is 11.7 Å². The molecule has 0 aliphatic carbocycles. The number of thiazole rings is 1. The molecule has 25 heavy (non-hydrogen) atoms.